The van der Waals surface area contributed by atoms with Crippen LogP contribution < -0.4 is 26.6 Å². The molecule has 12 atom stereocenters. The second-order valence-corrected chi connectivity index (χ2v) is 25.9. The number of carbonyl (C=O) groups is 11. The van der Waals surface area contributed by atoms with Gasteiger partial charge in [-0.25, -0.2) is 4.79 Å². The van der Waals surface area contributed by atoms with Crippen LogP contribution in [0.15, 0.2) is 12.2 Å². The summed E-state index contributed by atoms with van der Waals surface area (Å²) < 4.78 is 6.35. The fourth-order valence-corrected chi connectivity index (χ4v) is 10.6. The van der Waals surface area contributed by atoms with Crippen LogP contribution in [0.25, 0.3) is 0 Å². The molecule has 1 aliphatic rings. The van der Waals surface area contributed by atoms with Gasteiger partial charge in [-0.2, -0.15) is 0 Å². The highest BCUT2D eigenvalue weighted by atomic mass is 16.5. The highest BCUT2D eigenvalue weighted by Crippen LogP contribution is 2.25. The Morgan fingerprint density at radius 1 is 0.518 bits per heavy atom. The molecule has 0 aliphatic carbocycles. The van der Waals surface area contributed by atoms with Gasteiger partial charge in [-0.05, 0) is 108 Å². The molecule has 1 aliphatic heterocycles. The number of amides is 10. The van der Waals surface area contributed by atoms with E-state index >= 15 is 4.79 Å². The Hall–Kier alpha value is -6.13. The summed E-state index contributed by atoms with van der Waals surface area (Å²) in [5.74, 6) is -9.18. The van der Waals surface area contributed by atoms with E-state index in [9.17, 15) is 47.9 Å². The molecule has 0 spiro atoms. The number of hydrogen-bond donors (Lipinski definition) is 5. The molecule has 23 heteroatoms. The first-order valence-corrected chi connectivity index (χ1v) is 30.6. The Balaban J connectivity index is 4.25. The lowest BCUT2D eigenvalue weighted by Crippen LogP contribution is -2.61. The van der Waals surface area contributed by atoms with Crippen molar-refractivity contribution < 1.29 is 57.5 Å². The van der Waals surface area contributed by atoms with E-state index in [1.54, 1.807) is 34.6 Å². The second kappa shape index (κ2) is 35.5. The van der Waals surface area contributed by atoms with Crippen molar-refractivity contribution >= 4 is 65.0 Å². The first-order chi connectivity index (χ1) is 39.3. The molecule has 1 rings (SSSR count). The SMILES string of the molecule is C/C=C\C[C@@H](C)C1OC(=O)[C@H](C(C)C)N(C)C(=O)[C@H](CC(C)C)N(C)C(=O)[C@H](CC(C)C)N(C)C(=O)[C@@H](C)NC(=O)[C@H](C)NC(=O)[C@H](CC(C)C)N(C)C(=O)[C@H](C(C)C)NC(=O)[C@H](CC(C)C)N(C)C(=O)CN(C)C(=O)[C@H](CC)NC(=O)C1NC. The van der Waals surface area contributed by atoms with Crippen LogP contribution in [0.2, 0.25) is 0 Å². The molecule has 0 aromatic carbocycles. The molecule has 1 heterocycles. The van der Waals surface area contributed by atoms with Gasteiger partial charge in [-0.15, -0.1) is 0 Å². The van der Waals surface area contributed by atoms with E-state index in [-0.39, 0.29) is 55.8 Å². The summed E-state index contributed by atoms with van der Waals surface area (Å²) in [6.45, 7) is 29.7. The van der Waals surface area contributed by atoms with Gasteiger partial charge in [0.05, 0.1) is 6.54 Å². The molecule has 0 bridgehead atoms. The fourth-order valence-electron chi connectivity index (χ4n) is 10.6. The standard InChI is InChI=1S/C62H111N11O12/c1-25-27-28-40(15)52-50(63-18)56(78)66-43(26-2)58(80)68(19)33-48(74)69(20)44(29-34(3)4)55(77)67-49(38(11)12)61(83)70(21)45(30-35(5)6)54(76)64-41(16)53(75)65-42(17)57(79)71(22)46(31-36(7)8)59(81)72(23)47(32-37(9)10)60(82)73(24)51(39(13)14)62(84)85-52/h25,27,34-47,49-52,63H,26,28-33H2,1-24H3,(H,64,76)(H,65,75)(H,66,78)(H,67,77)/b27-25-/t40-,41+,42-,43+,44+,45+,46+,47+,49+,50?,51+,52?/m1/s1. The summed E-state index contributed by atoms with van der Waals surface area (Å²) >= 11 is 0. The number of rotatable bonds is 15. The minimum Gasteiger partial charge on any atom is -0.458 e. The number of likely N-dealkylation sites (N-methyl/N-ethyl adjacent to an activating group) is 7. The molecule has 0 radical (unpaired) electrons. The Kier molecular flexibility index (Phi) is 32.1. The molecular formula is C62H111N11O12. The predicted molar refractivity (Wildman–Crippen MR) is 329 cm³/mol. The smallest absolute Gasteiger partial charge is 0.329 e. The van der Waals surface area contributed by atoms with Crippen molar-refractivity contribution in [1.82, 2.24) is 56.0 Å². The average molecular weight is 1200 g/mol. The van der Waals surface area contributed by atoms with Gasteiger partial charge in [-0.1, -0.05) is 109 Å². The van der Waals surface area contributed by atoms with Crippen molar-refractivity contribution in [2.75, 3.05) is 55.9 Å². The molecule has 85 heavy (non-hydrogen) atoms. The van der Waals surface area contributed by atoms with Crippen LogP contribution in [0, 0.1) is 41.4 Å². The highest BCUT2D eigenvalue weighted by Gasteiger charge is 2.44. The predicted octanol–water partition coefficient (Wildman–Crippen LogP) is 3.58. The van der Waals surface area contributed by atoms with Gasteiger partial charge in [0.25, 0.3) is 0 Å². The Morgan fingerprint density at radius 2 is 0.953 bits per heavy atom. The number of hydrogen-bond acceptors (Lipinski definition) is 13. The van der Waals surface area contributed by atoms with Gasteiger partial charge in [0, 0.05) is 42.3 Å². The van der Waals surface area contributed by atoms with Crippen LogP contribution in [0.5, 0.6) is 0 Å². The first kappa shape index (κ1) is 76.9. The summed E-state index contributed by atoms with van der Waals surface area (Å²) in [4.78, 5) is 167. The Labute approximate surface area is 509 Å². The number of nitrogens with zero attached hydrogens (tertiary/aromatic N) is 6. The summed E-state index contributed by atoms with van der Waals surface area (Å²) in [6.07, 6.45) is 3.69. The van der Waals surface area contributed by atoms with Crippen LogP contribution in [0.3, 0.4) is 0 Å². The highest BCUT2D eigenvalue weighted by molar-refractivity contribution is 5.98. The largest absolute Gasteiger partial charge is 0.458 e. The van der Waals surface area contributed by atoms with Gasteiger partial charge in [0.2, 0.25) is 59.1 Å². The van der Waals surface area contributed by atoms with Crippen LogP contribution in [-0.4, -0.2) is 217 Å². The van der Waals surface area contributed by atoms with E-state index in [0.29, 0.717) is 6.42 Å². The lowest BCUT2D eigenvalue weighted by molar-refractivity contribution is -0.167. The third-order valence-corrected chi connectivity index (χ3v) is 15.9. The molecule has 23 nitrogen and oxygen atoms in total. The van der Waals surface area contributed by atoms with Crippen molar-refractivity contribution in [2.45, 2.75) is 223 Å². The molecule has 10 amide bonds. The van der Waals surface area contributed by atoms with Crippen molar-refractivity contribution in [3.8, 4) is 0 Å². The van der Waals surface area contributed by atoms with Gasteiger partial charge in [0.15, 0.2) is 0 Å². The van der Waals surface area contributed by atoms with Crippen molar-refractivity contribution in [2.24, 2.45) is 41.4 Å². The minimum atomic E-state index is -1.23. The normalized spacial score (nSPS) is 27.4. The van der Waals surface area contributed by atoms with E-state index in [1.165, 1.54) is 87.7 Å². The van der Waals surface area contributed by atoms with Crippen LogP contribution in [-0.2, 0) is 57.5 Å². The first-order valence-electron chi connectivity index (χ1n) is 30.6. The summed E-state index contributed by atoms with van der Waals surface area (Å²) in [5, 5.41) is 14.1. The van der Waals surface area contributed by atoms with Gasteiger partial charge in [-0.3, -0.25) is 47.9 Å². The second-order valence-electron chi connectivity index (χ2n) is 25.9. The number of carbonyl (C=O) groups excluding carboxylic acids is 11. The van der Waals surface area contributed by atoms with Crippen LogP contribution >= 0.6 is 0 Å². The fraction of sp³-hybridized carbons (Fsp3) is 0.790. The molecule has 5 N–H and O–H groups in total. The zero-order valence-electron chi connectivity index (χ0n) is 56.1. The molecule has 1 fully saturated rings. The molecule has 0 aromatic heterocycles. The number of allylic oxidation sites excluding steroid dienone is 2. The van der Waals surface area contributed by atoms with E-state index in [4.69, 9.17) is 4.74 Å². The van der Waals surface area contributed by atoms with Gasteiger partial charge < -0.3 is 60.7 Å². The Bertz CT molecular complexity index is 2310. The van der Waals surface area contributed by atoms with Crippen molar-refractivity contribution in [1.29, 1.82) is 0 Å². The maximum Gasteiger partial charge on any atom is 0.329 e. The molecule has 0 aromatic rings. The Morgan fingerprint density at radius 3 is 1.40 bits per heavy atom. The van der Waals surface area contributed by atoms with E-state index in [2.05, 4.69) is 26.6 Å². The maximum atomic E-state index is 15.0. The van der Waals surface area contributed by atoms with E-state index in [1.807, 2.05) is 81.4 Å². The van der Waals surface area contributed by atoms with Gasteiger partial charge >= 0.3 is 5.97 Å². The molecular weight excluding hydrogens is 1090 g/mol. The van der Waals surface area contributed by atoms with Crippen molar-refractivity contribution in [3.05, 3.63) is 12.2 Å². The zero-order chi connectivity index (χ0) is 65.8. The molecule has 2 unspecified atom stereocenters. The zero-order valence-corrected chi connectivity index (χ0v) is 56.1. The summed E-state index contributed by atoms with van der Waals surface area (Å²) in [7, 11) is 10.2. The monoisotopic (exact) mass is 1200 g/mol. The lowest BCUT2D eigenvalue weighted by Gasteiger charge is -2.40. The number of ether oxygens (including phenoxy) is 1. The quantitative estimate of drug-likeness (QED) is 0.116. The topological polar surface area (TPSA) is 277 Å². The number of cyclic esters (lactones) is 1. The molecule has 486 valence electrons. The van der Waals surface area contributed by atoms with E-state index < -0.39 is 156 Å². The van der Waals surface area contributed by atoms with Crippen LogP contribution in [0.4, 0.5) is 0 Å². The van der Waals surface area contributed by atoms with Crippen molar-refractivity contribution in [3.63, 3.8) is 0 Å². The van der Waals surface area contributed by atoms with E-state index in [0.717, 1.165) is 4.90 Å². The summed E-state index contributed by atoms with van der Waals surface area (Å²) in [5.41, 5.74) is 0. The maximum absolute atomic E-state index is 15.0. The number of nitrogens with one attached hydrogen (secondary N) is 5. The third-order valence-electron chi connectivity index (χ3n) is 15.9. The lowest BCUT2D eigenvalue weighted by atomic mass is 9.92. The van der Waals surface area contributed by atoms with Crippen LogP contribution in [0.1, 0.15) is 156 Å². The average Bonchev–Trinajstić information content (AvgIpc) is 3.63. The minimum absolute atomic E-state index is 0.0974. The third kappa shape index (κ3) is 22.3. The molecule has 0 saturated carbocycles. The number of esters is 1. The summed E-state index contributed by atoms with van der Waals surface area (Å²) in [6, 6.07) is -11.7. The van der Waals surface area contributed by atoms with Gasteiger partial charge in [0.1, 0.15) is 66.5 Å². The molecule has 1 saturated heterocycles.